The first-order chi connectivity index (χ1) is 19.7. The summed E-state index contributed by atoms with van der Waals surface area (Å²) in [6.07, 6.45) is 3.49. The highest BCUT2D eigenvalue weighted by atomic mass is 32.2. The van der Waals surface area contributed by atoms with Crippen LogP contribution in [0.2, 0.25) is 0 Å². The number of thioether (sulfide) groups is 1. The number of carbonyl (C=O) groups excluding carboxylic acids is 2. The van der Waals surface area contributed by atoms with Gasteiger partial charge in [0.1, 0.15) is 29.9 Å². The zero-order valence-corrected chi connectivity index (χ0v) is 23.1. The van der Waals surface area contributed by atoms with Gasteiger partial charge in [-0.2, -0.15) is 4.98 Å². The normalized spacial score (nSPS) is 18.6. The quantitative estimate of drug-likeness (QED) is 0.0785. The van der Waals surface area contributed by atoms with Crippen LogP contribution in [0.1, 0.15) is 5.69 Å². The first-order valence-electron chi connectivity index (χ1n) is 12.1. The van der Waals surface area contributed by atoms with E-state index in [0.29, 0.717) is 22.7 Å². The number of nitrogens with two attached hydrogens (primary N) is 2. The molecule has 2 aliphatic heterocycles. The highest BCUT2D eigenvalue weighted by Gasteiger charge is 2.54. The third-order valence-electron chi connectivity index (χ3n) is 6.20. The smallest absolute Gasteiger partial charge is 0.352 e. The zero-order valence-electron chi connectivity index (χ0n) is 21.5. The average molecular weight is 602 g/mol. The van der Waals surface area contributed by atoms with Crippen molar-refractivity contribution in [1.82, 2.24) is 30.0 Å². The Morgan fingerprint density at radius 3 is 2.83 bits per heavy atom. The van der Waals surface area contributed by atoms with Crippen molar-refractivity contribution in [3.8, 4) is 11.4 Å². The van der Waals surface area contributed by atoms with E-state index in [4.69, 9.17) is 21.4 Å². The molecule has 0 unspecified atom stereocenters. The first-order valence-corrected chi connectivity index (χ1v) is 14.0. The number of β-lactam (4-membered cyclic amide) rings is 1. The van der Waals surface area contributed by atoms with Crippen molar-refractivity contribution in [3.63, 3.8) is 0 Å². The van der Waals surface area contributed by atoms with E-state index in [2.05, 4.69) is 25.5 Å². The molecule has 41 heavy (non-hydrogen) atoms. The SMILES string of the molecule is CO/N=C(/C(=O)N[C@@H]1C(=O)N2C(C(=O)O)=C(C[n+]3cccc(-c4nc(N)n(CCO)n4)c3)CS[C@H]12)c1csc(N)n1. The van der Waals surface area contributed by atoms with Gasteiger partial charge in [0, 0.05) is 22.8 Å². The Morgan fingerprint density at radius 2 is 2.15 bits per heavy atom. The molecule has 0 radical (unpaired) electrons. The molecule has 7 N–H and O–H groups in total. The summed E-state index contributed by atoms with van der Waals surface area (Å²) in [6, 6.07) is 2.57. The fraction of sp³-hybridized carbons (Fsp3) is 0.304. The summed E-state index contributed by atoms with van der Waals surface area (Å²) in [6.45, 7) is 0.234. The molecule has 0 aliphatic carbocycles. The fourth-order valence-electron chi connectivity index (χ4n) is 4.42. The molecule has 2 aliphatic rings. The van der Waals surface area contributed by atoms with E-state index in [1.54, 1.807) is 29.1 Å². The standard InChI is InChI=1S/C23H24N10O6S2/c1-39-30-14(13-10-41-23(25)26-13)18(35)27-15-19(36)33-16(21(37)38)12(9-40-20(15)33)8-31-4-2-3-11(7-31)17-28-22(24)32(29-17)5-6-34/h2-4,7,10,15,20,34H,5-6,8-9H2,1H3,(H5-,24,25,26,27,28,29,35,37,38)/p+1/b30-14+/t15-,20-/m1/s1. The van der Waals surface area contributed by atoms with Gasteiger partial charge in [-0.15, -0.1) is 28.2 Å². The van der Waals surface area contributed by atoms with E-state index in [1.807, 2.05) is 0 Å². The zero-order chi connectivity index (χ0) is 29.3. The Bertz CT molecular complexity index is 1580. The van der Waals surface area contributed by atoms with Gasteiger partial charge >= 0.3 is 5.97 Å². The number of hydrogen-bond donors (Lipinski definition) is 5. The molecule has 0 spiro atoms. The van der Waals surface area contributed by atoms with Gasteiger partial charge in [0.05, 0.1) is 18.7 Å². The number of nitrogens with one attached hydrogen (secondary N) is 1. The number of nitrogen functional groups attached to an aromatic ring is 2. The van der Waals surface area contributed by atoms with Crippen molar-refractivity contribution in [3.05, 3.63) is 46.9 Å². The highest BCUT2D eigenvalue weighted by Crippen LogP contribution is 2.40. The molecule has 5 heterocycles. The summed E-state index contributed by atoms with van der Waals surface area (Å²) in [5.74, 6) is -1.71. The minimum atomic E-state index is -1.25. The number of hydrogen-bond acceptors (Lipinski definition) is 13. The number of aliphatic hydroxyl groups is 1. The lowest BCUT2D eigenvalue weighted by Crippen LogP contribution is -2.71. The predicted molar refractivity (Wildman–Crippen MR) is 147 cm³/mol. The van der Waals surface area contributed by atoms with E-state index in [0.717, 1.165) is 11.3 Å². The predicted octanol–water partition coefficient (Wildman–Crippen LogP) is -1.36. The number of nitrogens with zero attached hydrogens (tertiary/aromatic N) is 7. The summed E-state index contributed by atoms with van der Waals surface area (Å²) < 4.78 is 3.14. The van der Waals surface area contributed by atoms with Crippen LogP contribution in [0.3, 0.4) is 0 Å². The van der Waals surface area contributed by atoms with Crippen LogP contribution < -0.4 is 21.4 Å². The molecule has 2 amide bonds. The van der Waals surface area contributed by atoms with E-state index in [9.17, 15) is 19.5 Å². The lowest BCUT2D eigenvalue weighted by atomic mass is 10.0. The molecular formula is C23H25N10O6S2+. The molecule has 18 heteroatoms. The van der Waals surface area contributed by atoms with Gasteiger partial charge in [0.2, 0.25) is 5.95 Å². The number of aromatic nitrogens is 5. The lowest BCUT2D eigenvalue weighted by Gasteiger charge is -2.49. The van der Waals surface area contributed by atoms with Crippen molar-refractivity contribution in [2.24, 2.45) is 5.16 Å². The van der Waals surface area contributed by atoms with E-state index in [1.165, 1.54) is 33.8 Å². The van der Waals surface area contributed by atoms with Crippen LogP contribution in [-0.2, 0) is 32.3 Å². The number of carboxylic acid groups (broad SMARTS) is 1. The molecule has 214 valence electrons. The molecule has 0 saturated carbocycles. The maximum atomic E-state index is 13.1. The molecule has 3 aromatic heterocycles. The van der Waals surface area contributed by atoms with Gasteiger partial charge in [-0.25, -0.2) is 19.0 Å². The maximum absolute atomic E-state index is 13.1. The average Bonchev–Trinajstić information content (AvgIpc) is 3.55. The van der Waals surface area contributed by atoms with Crippen molar-refractivity contribution < 1.29 is 34.0 Å². The van der Waals surface area contributed by atoms with Gasteiger partial charge in [-0.1, -0.05) is 5.16 Å². The number of rotatable bonds is 10. The highest BCUT2D eigenvalue weighted by molar-refractivity contribution is 8.00. The summed E-state index contributed by atoms with van der Waals surface area (Å²) in [5.41, 5.74) is 12.6. The van der Waals surface area contributed by atoms with Gasteiger partial charge in [-0.05, 0) is 6.07 Å². The topological polar surface area (TPSA) is 228 Å². The van der Waals surface area contributed by atoms with Crippen molar-refractivity contribution in [2.45, 2.75) is 24.5 Å². The van der Waals surface area contributed by atoms with Crippen molar-refractivity contribution >= 4 is 57.7 Å². The third-order valence-corrected chi connectivity index (χ3v) is 8.21. The van der Waals surface area contributed by atoms with E-state index in [-0.39, 0.29) is 47.9 Å². The van der Waals surface area contributed by atoms with Crippen LogP contribution >= 0.6 is 23.1 Å². The number of carbonyl (C=O) groups is 3. The second-order valence-electron chi connectivity index (χ2n) is 8.82. The maximum Gasteiger partial charge on any atom is 0.352 e. The van der Waals surface area contributed by atoms with Gasteiger partial charge < -0.3 is 31.8 Å². The number of pyridine rings is 1. The molecule has 5 rings (SSSR count). The monoisotopic (exact) mass is 601 g/mol. The van der Waals surface area contributed by atoms with Crippen LogP contribution in [-0.4, -0.2) is 89.2 Å². The van der Waals surface area contributed by atoms with Gasteiger partial charge in [0.15, 0.2) is 35.6 Å². The Kier molecular flexibility index (Phi) is 7.86. The van der Waals surface area contributed by atoms with Crippen LogP contribution in [0, 0.1) is 0 Å². The van der Waals surface area contributed by atoms with Gasteiger partial charge in [0.25, 0.3) is 11.8 Å². The van der Waals surface area contributed by atoms with E-state index >= 15 is 0 Å². The largest absolute Gasteiger partial charge is 0.477 e. The second-order valence-corrected chi connectivity index (χ2v) is 10.8. The molecule has 2 atom stereocenters. The van der Waals surface area contributed by atoms with E-state index < -0.39 is 29.2 Å². The first kappa shape index (κ1) is 28.0. The summed E-state index contributed by atoms with van der Waals surface area (Å²) in [5, 5.41) is 31.0. The molecule has 1 fully saturated rings. The van der Waals surface area contributed by atoms with Crippen LogP contribution in [0.15, 0.2) is 46.3 Å². The number of oxime groups is 1. The molecule has 1 saturated heterocycles. The number of amides is 2. The minimum Gasteiger partial charge on any atom is -0.477 e. The van der Waals surface area contributed by atoms with Crippen LogP contribution in [0.25, 0.3) is 11.4 Å². The molecular weight excluding hydrogens is 576 g/mol. The molecule has 3 aromatic rings. The lowest BCUT2D eigenvalue weighted by molar-refractivity contribution is -0.688. The summed E-state index contributed by atoms with van der Waals surface area (Å²) in [4.78, 5) is 52.6. The Labute approximate surface area is 240 Å². The number of aliphatic carboxylic acids is 1. The Balaban J connectivity index is 1.34. The molecule has 0 aromatic carbocycles. The summed E-state index contributed by atoms with van der Waals surface area (Å²) >= 11 is 2.45. The molecule has 16 nitrogen and oxygen atoms in total. The Hall–Kier alpha value is -4.55. The minimum absolute atomic E-state index is 0.130. The number of aliphatic hydroxyl groups excluding tert-OH is 1. The van der Waals surface area contributed by atoms with Crippen molar-refractivity contribution in [2.75, 3.05) is 30.9 Å². The van der Waals surface area contributed by atoms with Gasteiger partial charge in [-0.3, -0.25) is 14.5 Å². The van der Waals surface area contributed by atoms with Crippen LogP contribution in [0.5, 0.6) is 0 Å². The fourth-order valence-corrected chi connectivity index (χ4v) is 6.30. The van der Waals surface area contributed by atoms with Crippen molar-refractivity contribution in [1.29, 1.82) is 0 Å². The third kappa shape index (κ3) is 5.43. The Morgan fingerprint density at radius 1 is 1.34 bits per heavy atom. The van der Waals surface area contributed by atoms with Crippen LogP contribution in [0.4, 0.5) is 11.1 Å². The molecule has 0 bridgehead atoms. The number of fused-ring (bicyclic) bond motifs is 1. The second kappa shape index (κ2) is 11.5. The number of thiazole rings is 1. The number of anilines is 2. The number of carboxylic acids is 1. The summed E-state index contributed by atoms with van der Waals surface area (Å²) in [7, 11) is 1.27.